The Balaban J connectivity index is 0.000000336. The molecule has 0 N–H and O–H groups in total. The second-order valence-electron chi connectivity index (χ2n) is 4.16. The van der Waals surface area contributed by atoms with E-state index in [0.29, 0.717) is 6.61 Å². The highest BCUT2D eigenvalue weighted by molar-refractivity contribution is 5.51. The third kappa shape index (κ3) is 6.57. The number of methoxy groups -OCH3 is 1. The number of hydrogen-bond donors (Lipinski definition) is 0. The van der Waals surface area contributed by atoms with Gasteiger partial charge in [0.05, 0.1) is 12.7 Å². The van der Waals surface area contributed by atoms with Crippen molar-refractivity contribution < 1.29 is 18.7 Å². The number of rotatable bonds is 3. The molecule has 1 aliphatic heterocycles. The molecule has 0 spiro atoms. The van der Waals surface area contributed by atoms with Gasteiger partial charge in [0.1, 0.15) is 6.29 Å². The zero-order valence-electron chi connectivity index (χ0n) is 9.90. The number of carbonyl (C=O) groups excluding carboxylic acids is 1. The lowest BCUT2D eigenvalue weighted by atomic mass is 10.1. The summed E-state index contributed by atoms with van der Waals surface area (Å²) in [4.78, 5) is 9.50. The largest absolute Gasteiger partial charge is 0.382 e. The lowest BCUT2D eigenvalue weighted by Gasteiger charge is -2.06. The first-order valence-corrected chi connectivity index (χ1v) is 5.25. The Kier molecular flexibility index (Phi) is 7.52. The monoisotopic (exact) mass is 220 g/mol. The molecule has 1 rings (SSSR count). The molecule has 3 atom stereocenters. The normalized spacial score (nSPS) is 29.9. The van der Waals surface area contributed by atoms with Gasteiger partial charge in [-0.3, -0.25) is 0 Å². The SMILES string of the molecule is CC(C)C=O.COCC1CC(C)C(F)O1. The number of hydrogen-bond acceptors (Lipinski definition) is 3. The van der Waals surface area contributed by atoms with Crippen LogP contribution in [0.5, 0.6) is 0 Å². The fourth-order valence-corrected chi connectivity index (χ4v) is 1.19. The molecule has 1 heterocycles. The van der Waals surface area contributed by atoms with Crippen LogP contribution in [0.3, 0.4) is 0 Å². The van der Waals surface area contributed by atoms with Crippen LogP contribution in [0.25, 0.3) is 0 Å². The molecule has 0 aliphatic carbocycles. The second kappa shape index (κ2) is 7.77. The Labute approximate surface area is 90.9 Å². The van der Waals surface area contributed by atoms with E-state index >= 15 is 0 Å². The number of alkyl halides is 1. The number of ether oxygens (including phenoxy) is 2. The van der Waals surface area contributed by atoms with Gasteiger partial charge in [0.25, 0.3) is 0 Å². The summed E-state index contributed by atoms with van der Waals surface area (Å²) < 4.78 is 22.4. The van der Waals surface area contributed by atoms with Crippen LogP contribution < -0.4 is 0 Å². The Morgan fingerprint density at radius 1 is 1.60 bits per heavy atom. The van der Waals surface area contributed by atoms with Crippen LogP contribution in [-0.2, 0) is 14.3 Å². The van der Waals surface area contributed by atoms with Crippen LogP contribution in [0.2, 0.25) is 0 Å². The minimum Gasteiger partial charge on any atom is -0.382 e. The van der Waals surface area contributed by atoms with Gasteiger partial charge in [0.15, 0.2) is 0 Å². The molecular weight excluding hydrogens is 199 g/mol. The maximum absolute atomic E-state index is 12.6. The molecule has 1 aliphatic rings. The van der Waals surface area contributed by atoms with Crippen molar-refractivity contribution in [2.45, 2.75) is 39.7 Å². The summed E-state index contributed by atoms with van der Waals surface area (Å²) in [6, 6.07) is 0. The predicted molar refractivity (Wildman–Crippen MR) is 56.3 cm³/mol. The Morgan fingerprint density at radius 2 is 2.13 bits per heavy atom. The van der Waals surface area contributed by atoms with Crippen LogP contribution in [0.4, 0.5) is 4.39 Å². The third-order valence-electron chi connectivity index (χ3n) is 2.03. The van der Waals surface area contributed by atoms with Crippen molar-refractivity contribution in [3.8, 4) is 0 Å². The van der Waals surface area contributed by atoms with E-state index in [2.05, 4.69) is 0 Å². The molecule has 0 bridgehead atoms. The minimum atomic E-state index is -1.08. The molecule has 1 saturated heterocycles. The molecule has 3 unspecified atom stereocenters. The highest BCUT2D eigenvalue weighted by Crippen LogP contribution is 2.26. The molecule has 90 valence electrons. The average Bonchev–Trinajstić information content (AvgIpc) is 2.47. The number of halogens is 1. The van der Waals surface area contributed by atoms with Crippen LogP contribution in [-0.4, -0.2) is 32.5 Å². The standard InChI is InChI=1S/C7H13FO2.C4H8O/c1-5-3-6(4-9-2)10-7(5)8;1-4(2)3-5/h5-7H,3-4H2,1-2H3;3-4H,1-2H3. The predicted octanol–water partition coefficient (Wildman–Crippen LogP) is 2.19. The third-order valence-corrected chi connectivity index (χ3v) is 2.03. The van der Waals surface area contributed by atoms with Gasteiger partial charge in [0, 0.05) is 18.9 Å². The quantitative estimate of drug-likeness (QED) is 0.684. The first kappa shape index (κ1) is 14.5. The van der Waals surface area contributed by atoms with Gasteiger partial charge in [0.2, 0.25) is 6.36 Å². The lowest BCUT2D eigenvalue weighted by molar-refractivity contribution is -0.110. The number of carbonyl (C=O) groups is 1. The van der Waals surface area contributed by atoms with E-state index in [0.717, 1.165) is 12.7 Å². The van der Waals surface area contributed by atoms with Gasteiger partial charge in [-0.25, -0.2) is 4.39 Å². The van der Waals surface area contributed by atoms with Crippen molar-refractivity contribution in [1.29, 1.82) is 0 Å². The van der Waals surface area contributed by atoms with Crippen molar-refractivity contribution in [1.82, 2.24) is 0 Å². The summed E-state index contributed by atoms with van der Waals surface area (Å²) in [6.07, 6.45) is 0.574. The highest BCUT2D eigenvalue weighted by Gasteiger charge is 2.31. The highest BCUT2D eigenvalue weighted by atomic mass is 19.1. The van der Waals surface area contributed by atoms with Crippen molar-refractivity contribution in [2.24, 2.45) is 11.8 Å². The summed E-state index contributed by atoms with van der Waals surface area (Å²) in [5.41, 5.74) is 0. The Hall–Kier alpha value is -0.480. The fourth-order valence-electron chi connectivity index (χ4n) is 1.19. The van der Waals surface area contributed by atoms with E-state index in [9.17, 15) is 9.18 Å². The molecule has 4 heteroatoms. The van der Waals surface area contributed by atoms with Gasteiger partial charge >= 0.3 is 0 Å². The number of aldehydes is 1. The molecule has 15 heavy (non-hydrogen) atoms. The molecule has 0 aromatic heterocycles. The smallest absolute Gasteiger partial charge is 0.201 e. The Morgan fingerprint density at radius 3 is 2.40 bits per heavy atom. The second-order valence-corrected chi connectivity index (χ2v) is 4.16. The van der Waals surface area contributed by atoms with Crippen molar-refractivity contribution in [3.05, 3.63) is 0 Å². The molecule has 0 aromatic carbocycles. The molecule has 0 amide bonds. The summed E-state index contributed by atoms with van der Waals surface area (Å²) in [5, 5.41) is 0. The van der Waals surface area contributed by atoms with Crippen molar-refractivity contribution >= 4 is 6.29 Å². The molecule has 0 radical (unpaired) electrons. The fraction of sp³-hybridized carbons (Fsp3) is 0.909. The van der Waals surface area contributed by atoms with E-state index in [1.807, 2.05) is 20.8 Å². The van der Waals surface area contributed by atoms with Crippen LogP contribution in [0.1, 0.15) is 27.2 Å². The van der Waals surface area contributed by atoms with E-state index in [-0.39, 0.29) is 17.9 Å². The molecular formula is C11H21FO3. The minimum absolute atomic E-state index is 0.0279. The van der Waals surface area contributed by atoms with E-state index in [1.165, 1.54) is 0 Å². The first-order valence-electron chi connectivity index (χ1n) is 5.25. The molecule has 0 saturated carbocycles. The van der Waals surface area contributed by atoms with Crippen molar-refractivity contribution in [3.63, 3.8) is 0 Å². The van der Waals surface area contributed by atoms with Crippen LogP contribution in [0.15, 0.2) is 0 Å². The van der Waals surface area contributed by atoms with E-state index < -0.39 is 6.36 Å². The van der Waals surface area contributed by atoms with Gasteiger partial charge < -0.3 is 14.3 Å². The Bertz CT molecular complexity index is 163. The summed E-state index contributed by atoms with van der Waals surface area (Å²) in [6.45, 7) is 6.06. The van der Waals surface area contributed by atoms with Gasteiger partial charge in [-0.15, -0.1) is 0 Å². The zero-order chi connectivity index (χ0) is 11.8. The van der Waals surface area contributed by atoms with E-state index in [1.54, 1.807) is 7.11 Å². The summed E-state index contributed by atoms with van der Waals surface area (Å²) >= 11 is 0. The average molecular weight is 220 g/mol. The lowest BCUT2D eigenvalue weighted by Crippen LogP contribution is -2.13. The topological polar surface area (TPSA) is 35.5 Å². The first-order chi connectivity index (χ1) is 7.01. The zero-order valence-corrected chi connectivity index (χ0v) is 9.90. The maximum Gasteiger partial charge on any atom is 0.201 e. The van der Waals surface area contributed by atoms with Gasteiger partial charge in [-0.2, -0.15) is 0 Å². The maximum atomic E-state index is 12.6. The van der Waals surface area contributed by atoms with Gasteiger partial charge in [-0.1, -0.05) is 20.8 Å². The summed E-state index contributed by atoms with van der Waals surface area (Å²) in [5.74, 6) is 0.232. The molecule has 3 nitrogen and oxygen atoms in total. The van der Waals surface area contributed by atoms with Crippen LogP contribution >= 0.6 is 0 Å². The van der Waals surface area contributed by atoms with E-state index in [4.69, 9.17) is 9.47 Å². The van der Waals surface area contributed by atoms with Crippen LogP contribution in [0, 0.1) is 11.8 Å². The van der Waals surface area contributed by atoms with Gasteiger partial charge in [-0.05, 0) is 6.42 Å². The van der Waals surface area contributed by atoms with Crippen molar-refractivity contribution in [2.75, 3.05) is 13.7 Å². The molecule has 1 fully saturated rings. The summed E-state index contributed by atoms with van der Waals surface area (Å²) in [7, 11) is 1.60. The molecule has 0 aromatic rings.